The number of piperidine rings is 1. The maximum Gasteiger partial charge on any atom is 0.225 e. The Bertz CT molecular complexity index is 689. The third-order valence-corrected chi connectivity index (χ3v) is 4.74. The molecule has 1 saturated heterocycles. The maximum absolute atomic E-state index is 12.6. The Hall–Kier alpha value is -1.89. The van der Waals surface area contributed by atoms with E-state index in [0.29, 0.717) is 0 Å². The molecule has 1 aliphatic heterocycles. The Balaban J connectivity index is 0.00000182. The summed E-state index contributed by atoms with van der Waals surface area (Å²) >= 11 is 0. The second kappa shape index (κ2) is 11.1. The molecule has 1 amide bonds. The van der Waals surface area contributed by atoms with Crippen LogP contribution in [0.2, 0.25) is 0 Å². The minimum atomic E-state index is -0.307. The number of amides is 1. The molecule has 2 aromatic rings. The van der Waals surface area contributed by atoms with Crippen molar-refractivity contribution < 1.29 is 4.79 Å². The van der Waals surface area contributed by atoms with Crippen molar-refractivity contribution in [1.29, 1.82) is 0 Å². The van der Waals surface area contributed by atoms with Crippen LogP contribution >= 0.6 is 24.8 Å². The molecule has 3 atom stereocenters. The molecule has 27 heavy (non-hydrogen) atoms. The Morgan fingerprint density at radius 2 is 1.85 bits per heavy atom. The van der Waals surface area contributed by atoms with Crippen LogP contribution in [0.15, 0.2) is 48.8 Å². The number of halogens is 2. The minimum Gasteiger partial charge on any atom is -0.351 e. The predicted molar refractivity (Wildman–Crippen MR) is 112 cm³/mol. The molecule has 8 heteroatoms. The Kier molecular flexibility index (Phi) is 9.49. The molecule has 0 bridgehead atoms. The van der Waals surface area contributed by atoms with Crippen molar-refractivity contribution >= 4 is 36.7 Å². The fraction of sp³-hybridized carbons (Fsp3) is 0.421. The number of carbonyl (C=O) groups is 1. The zero-order chi connectivity index (χ0) is 17.6. The van der Waals surface area contributed by atoms with Crippen LogP contribution in [0.1, 0.15) is 31.4 Å². The molecular weight excluding hydrogens is 385 g/mol. The number of hydrogen-bond donors (Lipinski definition) is 2. The fourth-order valence-electron chi connectivity index (χ4n) is 3.19. The van der Waals surface area contributed by atoms with E-state index in [4.69, 9.17) is 5.73 Å². The smallest absolute Gasteiger partial charge is 0.225 e. The number of rotatable bonds is 5. The number of nitrogens with zero attached hydrogens (tertiary/aromatic N) is 3. The van der Waals surface area contributed by atoms with E-state index in [0.717, 1.165) is 37.4 Å². The van der Waals surface area contributed by atoms with Gasteiger partial charge in [-0.1, -0.05) is 37.3 Å². The summed E-state index contributed by atoms with van der Waals surface area (Å²) in [4.78, 5) is 23.4. The highest BCUT2D eigenvalue weighted by molar-refractivity contribution is 5.85. The van der Waals surface area contributed by atoms with E-state index in [2.05, 4.69) is 20.2 Å². The second-order valence-corrected chi connectivity index (χ2v) is 6.57. The standard InChI is InChI=1S/C19H25N5O.2ClH/c1-14(17(20)15-7-3-2-4-8-15)18(25)23-16-9-5-12-24(13-16)19-21-10-6-11-22-19;;/h2-4,6-8,10-11,14,16-17H,5,9,12-13,20H2,1H3,(H,23,25);2*1H. The van der Waals surface area contributed by atoms with Gasteiger partial charge in [0.05, 0.1) is 5.92 Å². The van der Waals surface area contributed by atoms with E-state index in [1.54, 1.807) is 18.5 Å². The number of nitrogens with two attached hydrogens (primary N) is 1. The molecule has 0 saturated carbocycles. The molecule has 3 N–H and O–H groups in total. The van der Waals surface area contributed by atoms with Crippen molar-refractivity contribution in [2.75, 3.05) is 18.0 Å². The molecule has 3 unspecified atom stereocenters. The van der Waals surface area contributed by atoms with E-state index >= 15 is 0 Å². The lowest BCUT2D eigenvalue weighted by atomic mass is 9.94. The quantitative estimate of drug-likeness (QED) is 0.789. The summed E-state index contributed by atoms with van der Waals surface area (Å²) < 4.78 is 0. The van der Waals surface area contributed by atoms with Crippen molar-refractivity contribution in [2.45, 2.75) is 31.8 Å². The number of nitrogens with one attached hydrogen (secondary N) is 1. The number of aromatic nitrogens is 2. The average molecular weight is 412 g/mol. The van der Waals surface area contributed by atoms with Crippen molar-refractivity contribution in [3.8, 4) is 0 Å². The lowest BCUT2D eigenvalue weighted by molar-refractivity contribution is -0.125. The highest BCUT2D eigenvalue weighted by atomic mass is 35.5. The van der Waals surface area contributed by atoms with Crippen molar-refractivity contribution in [3.05, 3.63) is 54.4 Å². The highest BCUT2D eigenvalue weighted by Gasteiger charge is 2.27. The van der Waals surface area contributed by atoms with Crippen LogP contribution in [0.5, 0.6) is 0 Å². The van der Waals surface area contributed by atoms with Gasteiger partial charge in [0.25, 0.3) is 0 Å². The first-order valence-corrected chi connectivity index (χ1v) is 8.78. The van der Waals surface area contributed by atoms with E-state index in [1.165, 1.54) is 0 Å². The topological polar surface area (TPSA) is 84.1 Å². The highest BCUT2D eigenvalue weighted by Crippen LogP contribution is 2.20. The summed E-state index contributed by atoms with van der Waals surface area (Å²) in [6.07, 6.45) is 5.45. The first-order valence-electron chi connectivity index (χ1n) is 8.78. The summed E-state index contributed by atoms with van der Waals surface area (Å²) in [7, 11) is 0. The van der Waals surface area contributed by atoms with E-state index < -0.39 is 0 Å². The van der Waals surface area contributed by atoms with Crippen molar-refractivity contribution in [1.82, 2.24) is 15.3 Å². The zero-order valence-electron chi connectivity index (χ0n) is 15.3. The number of carbonyl (C=O) groups excluding carboxylic acids is 1. The second-order valence-electron chi connectivity index (χ2n) is 6.57. The molecule has 1 fully saturated rings. The van der Waals surface area contributed by atoms with Gasteiger partial charge < -0.3 is 16.0 Å². The van der Waals surface area contributed by atoms with Crippen molar-refractivity contribution in [2.24, 2.45) is 11.7 Å². The third kappa shape index (κ3) is 6.06. The summed E-state index contributed by atoms with van der Waals surface area (Å²) in [5.41, 5.74) is 7.25. The van der Waals surface area contributed by atoms with Gasteiger partial charge in [-0.25, -0.2) is 9.97 Å². The summed E-state index contributed by atoms with van der Waals surface area (Å²) in [6.45, 7) is 3.52. The largest absolute Gasteiger partial charge is 0.351 e. The maximum atomic E-state index is 12.6. The van der Waals surface area contributed by atoms with Crippen molar-refractivity contribution in [3.63, 3.8) is 0 Å². The Morgan fingerprint density at radius 1 is 1.19 bits per heavy atom. The molecule has 0 spiro atoms. The van der Waals surface area contributed by atoms with Gasteiger partial charge in [0.15, 0.2) is 0 Å². The average Bonchev–Trinajstić information content (AvgIpc) is 2.68. The molecule has 0 radical (unpaired) electrons. The van der Waals surface area contributed by atoms with Crippen LogP contribution in [-0.4, -0.2) is 35.0 Å². The SMILES string of the molecule is CC(C(=O)NC1CCCN(c2ncccn2)C1)C(N)c1ccccc1.Cl.Cl. The Labute approximate surface area is 172 Å². The van der Waals surface area contributed by atoms with Gasteiger partial charge in [-0.3, -0.25) is 4.79 Å². The lowest BCUT2D eigenvalue weighted by Gasteiger charge is -2.34. The normalized spacial score (nSPS) is 18.4. The first-order chi connectivity index (χ1) is 12.1. The van der Waals surface area contributed by atoms with Crippen LogP contribution < -0.4 is 16.0 Å². The van der Waals surface area contributed by atoms with Gasteiger partial charge in [0, 0.05) is 37.6 Å². The van der Waals surface area contributed by atoms with E-state index in [-0.39, 0.29) is 48.7 Å². The molecule has 148 valence electrons. The summed E-state index contributed by atoms with van der Waals surface area (Å²) in [5, 5.41) is 3.15. The van der Waals surface area contributed by atoms with Crippen LogP contribution in [0.25, 0.3) is 0 Å². The number of anilines is 1. The fourth-order valence-corrected chi connectivity index (χ4v) is 3.19. The van der Waals surface area contributed by atoms with E-state index in [1.807, 2.05) is 37.3 Å². The minimum absolute atomic E-state index is 0. The van der Waals surface area contributed by atoms with Gasteiger partial charge in [-0.05, 0) is 24.5 Å². The summed E-state index contributed by atoms with van der Waals surface area (Å²) in [5.74, 6) is 0.429. The van der Waals surface area contributed by atoms with Gasteiger partial charge in [-0.2, -0.15) is 0 Å². The molecule has 1 aromatic carbocycles. The van der Waals surface area contributed by atoms with E-state index in [9.17, 15) is 4.79 Å². The molecule has 6 nitrogen and oxygen atoms in total. The third-order valence-electron chi connectivity index (χ3n) is 4.74. The first kappa shape index (κ1) is 23.1. The van der Waals surface area contributed by atoms with Gasteiger partial charge in [-0.15, -0.1) is 24.8 Å². The lowest BCUT2D eigenvalue weighted by Crippen LogP contribution is -2.50. The van der Waals surface area contributed by atoms with Crippen LogP contribution in [0.4, 0.5) is 5.95 Å². The molecular formula is C19H27Cl2N5O. The zero-order valence-corrected chi connectivity index (χ0v) is 17.0. The Morgan fingerprint density at radius 3 is 2.52 bits per heavy atom. The molecule has 3 rings (SSSR count). The van der Waals surface area contributed by atoms with Gasteiger partial charge in [0.1, 0.15) is 0 Å². The molecule has 1 aliphatic rings. The monoisotopic (exact) mass is 411 g/mol. The molecule has 2 heterocycles. The van der Waals surface area contributed by atoms with Crippen LogP contribution in [-0.2, 0) is 4.79 Å². The predicted octanol–water partition coefficient (Wildman–Crippen LogP) is 2.74. The summed E-state index contributed by atoms with van der Waals surface area (Å²) in [6, 6.07) is 11.3. The van der Waals surface area contributed by atoms with Gasteiger partial charge in [0.2, 0.25) is 11.9 Å². The number of hydrogen-bond acceptors (Lipinski definition) is 5. The molecule has 1 aromatic heterocycles. The number of benzene rings is 1. The van der Waals surface area contributed by atoms with Crippen LogP contribution in [0.3, 0.4) is 0 Å². The van der Waals surface area contributed by atoms with Gasteiger partial charge >= 0.3 is 0 Å². The van der Waals surface area contributed by atoms with Crippen LogP contribution in [0, 0.1) is 5.92 Å². The molecule has 0 aliphatic carbocycles.